The lowest BCUT2D eigenvalue weighted by Gasteiger charge is -2.02. The zero-order valence-electron chi connectivity index (χ0n) is 5.50. The summed E-state index contributed by atoms with van der Waals surface area (Å²) in [6.07, 6.45) is 0.480. The van der Waals surface area contributed by atoms with Crippen LogP contribution in [0.1, 0.15) is 6.42 Å². The van der Waals surface area contributed by atoms with E-state index in [1.807, 2.05) is 0 Å². The van der Waals surface area contributed by atoms with Gasteiger partial charge < -0.3 is 10.1 Å². The third kappa shape index (κ3) is 1.72. The molecule has 1 fully saturated rings. The maximum Gasteiger partial charge on any atom is 0.293 e. The number of carbonyl (C=O) groups excluding carboxylic acids is 2. The van der Waals surface area contributed by atoms with Crippen molar-refractivity contribution in [1.29, 1.82) is 0 Å². The van der Waals surface area contributed by atoms with Gasteiger partial charge in [0.1, 0.15) is 0 Å². The maximum atomic E-state index is 10.6. The molecule has 10 heavy (non-hydrogen) atoms. The van der Waals surface area contributed by atoms with Crippen LogP contribution in [-0.2, 0) is 14.3 Å². The third-order valence-corrected chi connectivity index (χ3v) is 1.46. The van der Waals surface area contributed by atoms with Crippen molar-refractivity contribution < 1.29 is 14.3 Å². The van der Waals surface area contributed by atoms with E-state index in [0.29, 0.717) is 26.0 Å². The first-order valence-corrected chi connectivity index (χ1v) is 3.15. The topological polar surface area (TPSA) is 55.4 Å². The van der Waals surface area contributed by atoms with Crippen molar-refractivity contribution in [2.24, 2.45) is 5.92 Å². The van der Waals surface area contributed by atoms with Crippen molar-refractivity contribution in [3.05, 3.63) is 0 Å². The molecule has 1 amide bonds. The molecule has 0 unspecified atom stereocenters. The average Bonchev–Trinajstić information content (AvgIpc) is 2.31. The first-order valence-electron chi connectivity index (χ1n) is 3.15. The maximum absolute atomic E-state index is 10.6. The molecule has 0 aromatic rings. The monoisotopic (exact) mass is 143 g/mol. The Labute approximate surface area is 58.5 Å². The summed E-state index contributed by atoms with van der Waals surface area (Å²) >= 11 is 0. The van der Waals surface area contributed by atoms with Crippen molar-refractivity contribution in [2.75, 3.05) is 13.2 Å². The van der Waals surface area contributed by atoms with E-state index >= 15 is 0 Å². The highest BCUT2D eigenvalue weighted by Crippen LogP contribution is 2.07. The van der Waals surface area contributed by atoms with Crippen LogP contribution in [0.2, 0.25) is 0 Å². The smallest absolute Gasteiger partial charge is 0.293 e. The van der Waals surface area contributed by atoms with E-state index in [4.69, 9.17) is 0 Å². The average molecular weight is 143 g/mol. The standard InChI is InChI=1S/C6H9NO3/c8-4-10-3-5-1-6(9)7-2-5/h4-5H,1-3H2,(H,7,9)/t5-/m1/s1. The predicted molar refractivity (Wildman–Crippen MR) is 33.1 cm³/mol. The van der Waals surface area contributed by atoms with Crippen LogP contribution >= 0.6 is 0 Å². The number of hydrogen-bond donors (Lipinski definition) is 1. The Morgan fingerprint density at radius 3 is 3.10 bits per heavy atom. The zero-order chi connectivity index (χ0) is 7.40. The van der Waals surface area contributed by atoms with Crippen LogP contribution in [0, 0.1) is 5.92 Å². The molecule has 0 radical (unpaired) electrons. The molecule has 1 aliphatic heterocycles. The molecule has 0 bridgehead atoms. The molecule has 0 spiro atoms. The van der Waals surface area contributed by atoms with Gasteiger partial charge in [0.05, 0.1) is 6.61 Å². The fraction of sp³-hybridized carbons (Fsp3) is 0.667. The molecule has 4 heteroatoms. The Hall–Kier alpha value is -1.06. The van der Waals surface area contributed by atoms with Gasteiger partial charge in [-0.05, 0) is 0 Å². The van der Waals surface area contributed by atoms with Crippen LogP contribution in [0.5, 0.6) is 0 Å². The van der Waals surface area contributed by atoms with Crippen LogP contribution in [-0.4, -0.2) is 25.5 Å². The molecule has 0 aromatic carbocycles. The predicted octanol–water partition coefficient (Wildman–Crippen LogP) is -0.704. The molecule has 0 saturated carbocycles. The van der Waals surface area contributed by atoms with Gasteiger partial charge in [0.2, 0.25) is 5.91 Å². The van der Waals surface area contributed by atoms with Crippen LogP contribution in [0.25, 0.3) is 0 Å². The number of carbonyl (C=O) groups is 2. The van der Waals surface area contributed by atoms with E-state index in [2.05, 4.69) is 10.1 Å². The third-order valence-electron chi connectivity index (χ3n) is 1.46. The lowest BCUT2D eigenvalue weighted by Crippen LogP contribution is -2.15. The normalized spacial score (nSPS) is 24.0. The summed E-state index contributed by atoms with van der Waals surface area (Å²) < 4.78 is 4.49. The first-order chi connectivity index (χ1) is 4.83. The quantitative estimate of drug-likeness (QED) is 0.531. The van der Waals surface area contributed by atoms with Crippen molar-refractivity contribution in [3.8, 4) is 0 Å². The second kappa shape index (κ2) is 3.20. The minimum absolute atomic E-state index is 0.0412. The van der Waals surface area contributed by atoms with Gasteiger partial charge >= 0.3 is 0 Å². The number of amides is 1. The Morgan fingerprint density at radius 2 is 2.60 bits per heavy atom. The van der Waals surface area contributed by atoms with Gasteiger partial charge in [0.25, 0.3) is 6.47 Å². The van der Waals surface area contributed by atoms with E-state index in [9.17, 15) is 9.59 Å². The van der Waals surface area contributed by atoms with Crippen molar-refractivity contribution >= 4 is 12.4 Å². The molecule has 1 heterocycles. The second-order valence-electron chi connectivity index (χ2n) is 2.30. The molecule has 4 nitrogen and oxygen atoms in total. The Morgan fingerprint density at radius 1 is 1.80 bits per heavy atom. The minimum atomic E-state index is 0.0412. The summed E-state index contributed by atoms with van der Waals surface area (Å²) in [5.41, 5.74) is 0. The highest BCUT2D eigenvalue weighted by atomic mass is 16.5. The number of rotatable bonds is 3. The first kappa shape index (κ1) is 7.05. The van der Waals surface area contributed by atoms with E-state index in [1.54, 1.807) is 0 Å². The van der Waals surface area contributed by atoms with Crippen LogP contribution < -0.4 is 5.32 Å². The second-order valence-corrected chi connectivity index (χ2v) is 2.30. The zero-order valence-corrected chi connectivity index (χ0v) is 5.50. The number of ether oxygens (including phenoxy) is 1. The molecular weight excluding hydrogens is 134 g/mol. The van der Waals surface area contributed by atoms with Crippen molar-refractivity contribution in [3.63, 3.8) is 0 Å². The van der Waals surface area contributed by atoms with E-state index in [0.717, 1.165) is 0 Å². The molecule has 0 aliphatic carbocycles. The van der Waals surface area contributed by atoms with Crippen LogP contribution in [0.15, 0.2) is 0 Å². The molecule has 1 saturated heterocycles. The van der Waals surface area contributed by atoms with Gasteiger partial charge in [0.15, 0.2) is 0 Å². The molecule has 0 aromatic heterocycles. The summed E-state index contributed by atoms with van der Waals surface area (Å²) in [4.78, 5) is 20.3. The van der Waals surface area contributed by atoms with E-state index < -0.39 is 0 Å². The summed E-state index contributed by atoms with van der Waals surface area (Å²) in [5, 5.41) is 2.64. The SMILES string of the molecule is O=COC[C@H]1CNC(=O)C1. The summed E-state index contributed by atoms with van der Waals surface area (Å²) in [6.45, 7) is 1.39. The van der Waals surface area contributed by atoms with Crippen LogP contribution in [0.4, 0.5) is 0 Å². The Balaban J connectivity index is 2.18. The largest absolute Gasteiger partial charge is 0.468 e. The summed E-state index contributed by atoms with van der Waals surface area (Å²) in [6, 6.07) is 0. The summed E-state index contributed by atoms with van der Waals surface area (Å²) in [5.74, 6) is 0.220. The number of nitrogens with one attached hydrogen (secondary N) is 1. The lowest BCUT2D eigenvalue weighted by atomic mass is 10.1. The highest BCUT2D eigenvalue weighted by Gasteiger charge is 2.21. The van der Waals surface area contributed by atoms with Gasteiger partial charge in [-0.1, -0.05) is 0 Å². The lowest BCUT2D eigenvalue weighted by molar-refractivity contribution is -0.130. The van der Waals surface area contributed by atoms with Crippen molar-refractivity contribution in [1.82, 2.24) is 5.32 Å². The molecule has 56 valence electrons. The van der Waals surface area contributed by atoms with Gasteiger partial charge in [0, 0.05) is 18.9 Å². The van der Waals surface area contributed by atoms with Gasteiger partial charge in [-0.2, -0.15) is 0 Å². The molecule has 1 atom stereocenters. The van der Waals surface area contributed by atoms with Gasteiger partial charge in [-0.25, -0.2) is 0 Å². The number of hydrogen-bond acceptors (Lipinski definition) is 3. The van der Waals surface area contributed by atoms with Crippen molar-refractivity contribution in [2.45, 2.75) is 6.42 Å². The van der Waals surface area contributed by atoms with E-state index in [1.165, 1.54) is 0 Å². The molecule has 1 rings (SSSR count). The van der Waals surface area contributed by atoms with Gasteiger partial charge in [-0.3, -0.25) is 9.59 Å². The van der Waals surface area contributed by atoms with Crippen LogP contribution in [0.3, 0.4) is 0 Å². The molecule has 1 N–H and O–H groups in total. The molecule has 1 aliphatic rings. The van der Waals surface area contributed by atoms with E-state index in [-0.39, 0.29) is 11.8 Å². The minimum Gasteiger partial charge on any atom is -0.468 e. The highest BCUT2D eigenvalue weighted by molar-refractivity contribution is 5.78. The fourth-order valence-electron chi connectivity index (χ4n) is 0.958. The molecular formula is C6H9NO3. The Bertz CT molecular complexity index is 146. The summed E-state index contributed by atoms with van der Waals surface area (Å²) in [7, 11) is 0. The fourth-order valence-corrected chi connectivity index (χ4v) is 0.958. The van der Waals surface area contributed by atoms with Gasteiger partial charge in [-0.15, -0.1) is 0 Å². The Kier molecular flexibility index (Phi) is 2.25.